The van der Waals surface area contributed by atoms with E-state index in [0.717, 1.165) is 12.2 Å². The second-order valence-electron chi connectivity index (χ2n) is 3.20. The molecule has 1 aliphatic heterocycles. The monoisotopic (exact) mass is 213 g/mol. The number of hydrogen-bond donors (Lipinski definition) is 2. The summed E-state index contributed by atoms with van der Waals surface area (Å²) in [5.74, 6) is 2.27. The molecule has 1 atom stereocenters. The van der Waals surface area contributed by atoms with E-state index < -0.39 is 0 Å². The number of hydrogen-bond acceptors (Lipinski definition) is 4. The van der Waals surface area contributed by atoms with Crippen LogP contribution in [0, 0.1) is 11.3 Å². The molecule has 0 aromatic carbocycles. The average molecular weight is 213 g/mol. The van der Waals surface area contributed by atoms with Gasteiger partial charge in [-0.1, -0.05) is 0 Å². The Bertz CT molecular complexity index is 221. The lowest BCUT2D eigenvalue weighted by Gasteiger charge is -2.10. The topological polar surface area (TPSA) is 64.9 Å². The predicted octanol–water partition coefficient (Wildman–Crippen LogP) is 0.111. The van der Waals surface area contributed by atoms with Crippen molar-refractivity contribution in [2.45, 2.75) is 18.9 Å². The molecule has 1 unspecified atom stereocenters. The molecule has 1 saturated heterocycles. The maximum atomic E-state index is 11.2. The fourth-order valence-corrected chi connectivity index (χ4v) is 2.44. The first-order valence-corrected chi connectivity index (χ1v) is 5.93. The highest BCUT2D eigenvalue weighted by Gasteiger charge is 2.15. The van der Waals surface area contributed by atoms with Crippen molar-refractivity contribution in [2.24, 2.45) is 0 Å². The van der Waals surface area contributed by atoms with E-state index in [2.05, 4.69) is 10.6 Å². The van der Waals surface area contributed by atoms with Crippen molar-refractivity contribution < 1.29 is 4.79 Å². The van der Waals surface area contributed by atoms with Crippen LogP contribution in [0.3, 0.4) is 0 Å². The van der Waals surface area contributed by atoms with E-state index >= 15 is 0 Å². The van der Waals surface area contributed by atoms with Gasteiger partial charge in [-0.15, -0.1) is 0 Å². The minimum atomic E-state index is -0.0165. The summed E-state index contributed by atoms with van der Waals surface area (Å²) in [7, 11) is 0. The van der Waals surface area contributed by atoms with Crippen molar-refractivity contribution >= 4 is 17.7 Å². The van der Waals surface area contributed by atoms with Crippen molar-refractivity contribution in [2.75, 3.05) is 24.6 Å². The van der Waals surface area contributed by atoms with Crippen molar-refractivity contribution in [3.05, 3.63) is 0 Å². The molecule has 1 fully saturated rings. The number of carbonyl (C=O) groups excluding carboxylic acids is 1. The summed E-state index contributed by atoms with van der Waals surface area (Å²) in [5.41, 5.74) is 0. The van der Waals surface area contributed by atoms with Gasteiger partial charge in [0.2, 0.25) is 5.91 Å². The van der Waals surface area contributed by atoms with Crippen LogP contribution in [0.5, 0.6) is 0 Å². The summed E-state index contributed by atoms with van der Waals surface area (Å²) in [6.45, 7) is 0.826. The van der Waals surface area contributed by atoms with E-state index in [4.69, 9.17) is 5.26 Å². The number of amides is 1. The van der Waals surface area contributed by atoms with Gasteiger partial charge in [0.25, 0.3) is 0 Å². The molecule has 0 aromatic rings. The normalized spacial score (nSPS) is 20.4. The minimum absolute atomic E-state index is 0.0165. The molecule has 5 heteroatoms. The Kier molecular flexibility index (Phi) is 5.42. The van der Waals surface area contributed by atoms with Gasteiger partial charge in [0, 0.05) is 18.3 Å². The largest absolute Gasteiger partial charge is 0.354 e. The molecule has 1 heterocycles. The fourth-order valence-electron chi connectivity index (χ4n) is 1.25. The molecule has 0 saturated carbocycles. The predicted molar refractivity (Wildman–Crippen MR) is 57.0 cm³/mol. The van der Waals surface area contributed by atoms with Crippen LogP contribution < -0.4 is 10.6 Å². The van der Waals surface area contributed by atoms with Gasteiger partial charge in [0.1, 0.15) is 0 Å². The van der Waals surface area contributed by atoms with Gasteiger partial charge in [-0.25, -0.2) is 0 Å². The highest BCUT2D eigenvalue weighted by Crippen LogP contribution is 2.16. The van der Waals surface area contributed by atoms with Crippen LogP contribution in [0.4, 0.5) is 0 Å². The molecule has 0 aliphatic carbocycles. The maximum Gasteiger partial charge on any atom is 0.233 e. The molecule has 0 bridgehead atoms. The molecule has 14 heavy (non-hydrogen) atoms. The quantitative estimate of drug-likeness (QED) is 0.636. The van der Waals surface area contributed by atoms with Crippen molar-refractivity contribution in [3.8, 4) is 6.07 Å². The third-order valence-electron chi connectivity index (χ3n) is 2.04. The van der Waals surface area contributed by atoms with E-state index in [9.17, 15) is 4.79 Å². The number of rotatable bonds is 5. The molecule has 0 radical (unpaired) electrons. The lowest BCUT2D eigenvalue weighted by Crippen LogP contribution is -2.39. The summed E-state index contributed by atoms with van der Waals surface area (Å²) in [6.07, 6.45) is 1.53. The Hall–Kier alpha value is -0.730. The van der Waals surface area contributed by atoms with E-state index in [1.165, 1.54) is 5.75 Å². The molecule has 2 N–H and O–H groups in total. The number of nitrogens with one attached hydrogen (secondary N) is 2. The van der Waals surface area contributed by atoms with Crippen molar-refractivity contribution in [1.82, 2.24) is 10.6 Å². The van der Waals surface area contributed by atoms with Crippen LogP contribution in [-0.4, -0.2) is 36.5 Å². The van der Waals surface area contributed by atoms with Gasteiger partial charge >= 0.3 is 0 Å². The lowest BCUT2D eigenvalue weighted by atomic mass is 10.2. The Labute approximate surface area is 88.4 Å². The summed E-state index contributed by atoms with van der Waals surface area (Å²) in [4.78, 5) is 11.2. The zero-order valence-corrected chi connectivity index (χ0v) is 8.90. The summed E-state index contributed by atoms with van der Waals surface area (Å²) in [6, 6.07) is 2.47. The third-order valence-corrected chi connectivity index (χ3v) is 3.20. The van der Waals surface area contributed by atoms with Crippen LogP contribution in [0.2, 0.25) is 0 Å². The molecule has 78 valence electrons. The third kappa shape index (κ3) is 4.49. The smallest absolute Gasteiger partial charge is 0.233 e. The summed E-state index contributed by atoms with van der Waals surface area (Å²) in [5, 5.41) is 14.1. The van der Waals surface area contributed by atoms with Crippen LogP contribution in [0.1, 0.15) is 12.8 Å². The SMILES string of the molecule is N#CCCNC(=O)CNC1CCSC1. The summed E-state index contributed by atoms with van der Waals surface area (Å²) >= 11 is 1.92. The highest BCUT2D eigenvalue weighted by atomic mass is 32.2. The molecule has 1 aliphatic rings. The molecule has 0 spiro atoms. The molecule has 1 rings (SSSR count). The average Bonchev–Trinajstić information content (AvgIpc) is 2.68. The second kappa shape index (κ2) is 6.68. The van der Waals surface area contributed by atoms with E-state index in [-0.39, 0.29) is 5.91 Å². The van der Waals surface area contributed by atoms with Gasteiger partial charge in [-0.3, -0.25) is 4.79 Å². The van der Waals surface area contributed by atoms with Gasteiger partial charge in [-0.05, 0) is 12.2 Å². The van der Waals surface area contributed by atoms with Gasteiger partial charge in [0.15, 0.2) is 0 Å². The second-order valence-corrected chi connectivity index (χ2v) is 4.35. The van der Waals surface area contributed by atoms with Gasteiger partial charge < -0.3 is 10.6 Å². The maximum absolute atomic E-state index is 11.2. The van der Waals surface area contributed by atoms with Gasteiger partial charge in [0.05, 0.1) is 19.0 Å². The fraction of sp³-hybridized carbons (Fsp3) is 0.778. The van der Waals surface area contributed by atoms with E-state index in [0.29, 0.717) is 25.6 Å². The number of thioether (sulfide) groups is 1. The van der Waals surface area contributed by atoms with Crippen LogP contribution in [0.25, 0.3) is 0 Å². The molecular weight excluding hydrogens is 198 g/mol. The first kappa shape index (κ1) is 11.3. The zero-order valence-electron chi connectivity index (χ0n) is 8.08. The Balaban J connectivity index is 2.00. The first-order chi connectivity index (χ1) is 6.83. The Morgan fingerprint density at radius 1 is 1.64 bits per heavy atom. The van der Waals surface area contributed by atoms with Gasteiger partial charge in [-0.2, -0.15) is 17.0 Å². The standard InChI is InChI=1S/C9H15N3OS/c10-3-1-4-11-9(13)6-12-8-2-5-14-7-8/h8,12H,1-2,4-7H2,(H,11,13). The number of nitriles is 1. The van der Waals surface area contributed by atoms with Crippen LogP contribution in [-0.2, 0) is 4.79 Å². The van der Waals surface area contributed by atoms with Crippen molar-refractivity contribution in [3.63, 3.8) is 0 Å². The molecular formula is C9H15N3OS. The number of carbonyl (C=O) groups is 1. The molecule has 4 nitrogen and oxygen atoms in total. The zero-order chi connectivity index (χ0) is 10.2. The number of nitrogens with zero attached hydrogens (tertiary/aromatic N) is 1. The van der Waals surface area contributed by atoms with Crippen LogP contribution >= 0.6 is 11.8 Å². The first-order valence-electron chi connectivity index (χ1n) is 4.77. The van der Waals surface area contributed by atoms with E-state index in [1.54, 1.807) is 0 Å². The summed E-state index contributed by atoms with van der Waals surface area (Å²) < 4.78 is 0. The van der Waals surface area contributed by atoms with Crippen LogP contribution in [0.15, 0.2) is 0 Å². The lowest BCUT2D eigenvalue weighted by molar-refractivity contribution is -0.120. The molecule has 0 aromatic heterocycles. The Morgan fingerprint density at radius 2 is 2.50 bits per heavy atom. The Morgan fingerprint density at radius 3 is 3.14 bits per heavy atom. The van der Waals surface area contributed by atoms with Crippen molar-refractivity contribution in [1.29, 1.82) is 5.26 Å². The van der Waals surface area contributed by atoms with E-state index in [1.807, 2.05) is 17.8 Å². The molecule has 1 amide bonds. The minimum Gasteiger partial charge on any atom is -0.354 e. The highest BCUT2D eigenvalue weighted by molar-refractivity contribution is 7.99.